The van der Waals surface area contributed by atoms with Crippen molar-refractivity contribution < 1.29 is 14.3 Å². The van der Waals surface area contributed by atoms with Crippen LogP contribution < -0.4 is 11.2 Å². The molecule has 0 amide bonds. The molecule has 0 saturated carbocycles. The van der Waals surface area contributed by atoms with Crippen LogP contribution in [-0.4, -0.2) is 22.6 Å². The summed E-state index contributed by atoms with van der Waals surface area (Å²) < 4.78 is 13.6. The summed E-state index contributed by atoms with van der Waals surface area (Å²) in [5.41, 5.74) is 6.00. The van der Waals surface area contributed by atoms with E-state index >= 15 is 0 Å². The summed E-state index contributed by atoms with van der Waals surface area (Å²) in [5, 5.41) is 28.0. The second-order valence-corrected chi connectivity index (χ2v) is 4.04. The molecular weight excluding hydrogens is 321 g/mol. The van der Waals surface area contributed by atoms with Crippen LogP contribution in [0.1, 0.15) is 10.4 Å². The van der Waals surface area contributed by atoms with Gasteiger partial charge in [-0.1, -0.05) is 0 Å². The second kappa shape index (κ2) is 5.92. The third-order valence-electron chi connectivity index (χ3n) is 1.96. The van der Waals surface area contributed by atoms with E-state index in [0.29, 0.717) is 0 Å². The van der Waals surface area contributed by atoms with Gasteiger partial charge in [0.2, 0.25) is 5.71 Å². The highest BCUT2D eigenvalue weighted by Gasteiger charge is 2.18. The molecule has 0 aliphatic carbocycles. The van der Waals surface area contributed by atoms with E-state index in [1.807, 2.05) is 0 Å². The lowest BCUT2D eigenvalue weighted by Crippen LogP contribution is -2.22. The largest absolute Gasteiger partial charge is 0.478 e. The van der Waals surface area contributed by atoms with Crippen LogP contribution in [0.15, 0.2) is 21.7 Å². The van der Waals surface area contributed by atoms with E-state index in [1.54, 1.807) is 0 Å². The Morgan fingerprint density at radius 2 is 2.26 bits per heavy atom. The molecule has 5 N–H and O–H groups in total. The van der Waals surface area contributed by atoms with E-state index in [1.165, 1.54) is 18.2 Å². The van der Waals surface area contributed by atoms with Crippen molar-refractivity contribution in [2.75, 3.05) is 5.43 Å². The van der Waals surface area contributed by atoms with Crippen LogP contribution in [-0.2, 0) is 0 Å². The van der Waals surface area contributed by atoms with Gasteiger partial charge in [-0.3, -0.25) is 10.8 Å². The number of carboxylic acid groups (broad SMARTS) is 1. The first-order valence-corrected chi connectivity index (χ1v) is 5.47. The number of hydrogen-bond donors (Lipinski definition) is 4. The van der Waals surface area contributed by atoms with E-state index in [2.05, 4.69) is 26.5 Å². The monoisotopic (exact) mass is 327 g/mol. The Morgan fingerprint density at radius 1 is 1.63 bits per heavy atom. The molecule has 1 aromatic rings. The van der Waals surface area contributed by atoms with Crippen LogP contribution in [0, 0.1) is 22.6 Å². The Hall–Kier alpha value is -2.47. The Labute approximate surface area is 115 Å². The lowest BCUT2D eigenvalue weighted by Gasteiger charge is -2.07. The van der Waals surface area contributed by atoms with Gasteiger partial charge in [0.15, 0.2) is 11.7 Å². The summed E-state index contributed by atoms with van der Waals surface area (Å²) in [6.07, 6.45) is 0. The highest BCUT2D eigenvalue weighted by atomic mass is 79.9. The number of aromatic carboxylic acids is 1. The Bertz CT molecular complexity index is 623. The number of anilines is 1. The smallest absolute Gasteiger partial charge is 0.340 e. The van der Waals surface area contributed by atoms with Crippen LogP contribution in [0.5, 0.6) is 0 Å². The number of carbonyl (C=O) groups is 1. The normalized spacial score (nSPS) is 10.7. The zero-order valence-electron chi connectivity index (χ0n) is 9.24. The van der Waals surface area contributed by atoms with Crippen molar-refractivity contribution in [3.63, 3.8) is 0 Å². The van der Waals surface area contributed by atoms with Gasteiger partial charge < -0.3 is 10.8 Å². The molecule has 0 radical (unpaired) electrons. The van der Waals surface area contributed by atoms with Crippen molar-refractivity contribution in [2.24, 2.45) is 10.8 Å². The van der Waals surface area contributed by atoms with Crippen molar-refractivity contribution >= 4 is 39.1 Å². The molecule has 9 heteroatoms. The molecule has 7 nitrogen and oxygen atoms in total. The Kier molecular flexibility index (Phi) is 4.55. The minimum absolute atomic E-state index is 0.0218. The maximum absolute atomic E-state index is 13.6. The number of nitrogens with one attached hydrogen (secondary N) is 2. The highest BCUT2D eigenvalue weighted by Crippen LogP contribution is 2.26. The van der Waals surface area contributed by atoms with Gasteiger partial charge in [0.1, 0.15) is 11.6 Å². The first-order chi connectivity index (χ1) is 8.88. The van der Waals surface area contributed by atoms with E-state index in [-0.39, 0.29) is 10.2 Å². The number of halogens is 2. The van der Waals surface area contributed by atoms with Gasteiger partial charge in [0.25, 0.3) is 0 Å². The summed E-state index contributed by atoms with van der Waals surface area (Å²) in [7, 11) is 0. The van der Waals surface area contributed by atoms with Crippen molar-refractivity contribution in [1.82, 2.24) is 0 Å². The van der Waals surface area contributed by atoms with Crippen molar-refractivity contribution in [3.05, 3.63) is 28.0 Å². The summed E-state index contributed by atoms with van der Waals surface area (Å²) in [6.45, 7) is 0. The maximum Gasteiger partial charge on any atom is 0.340 e. The molecule has 1 rings (SSSR count). The Balaban J connectivity index is 3.23. The molecule has 19 heavy (non-hydrogen) atoms. The molecule has 0 fully saturated rings. The third-order valence-corrected chi connectivity index (χ3v) is 2.57. The summed E-state index contributed by atoms with van der Waals surface area (Å²) in [6, 6.07) is 4.07. The first-order valence-electron chi connectivity index (χ1n) is 4.68. The number of hydrogen-bond acceptors (Lipinski definition) is 5. The average Bonchev–Trinajstić information content (AvgIpc) is 2.33. The molecule has 0 bridgehead atoms. The molecule has 1 aromatic carbocycles. The molecular formula is C10H7BrFN5O2. The van der Waals surface area contributed by atoms with Crippen LogP contribution in [0.3, 0.4) is 0 Å². The molecule has 0 spiro atoms. The topological polar surface area (TPSA) is 135 Å². The number of nitrogens with zero attached hydrogens (tertiary/aromatic N) is 2. The number of hydrazone groups is 1. The van der Waals surface area contributed by atoms with Crippen LogP contribution in [0.2, 0.25) is 0 Å². The van der Waals surface area contributed by atoms with E-state index < -0.39 is 28.9 Å². The van der Waals surface area contributed by atoms with E-state index in [4.69, 9.17) is 21.5 Å². The van der Waals surface area contributed by atoms with Crippen LogP contribution >= 0.6 is 15.9 Å². The molecule has 0 heterocycles. The van der Waals surface area contributed by atoms with E-state index in [9.17, 15) is 9.18 Å². The average molecular weight is 328 g/mol. The number of nitrogens with two attached hydrogens (primary N) is 1. The quantitative estimate of drug-likeness (QED) is 0.377. The van der Waals surface area contributed by atoms with Gasteiger partial charge in [-0.25, -0.2) is 9.18 Å². The minimum Gasteiger partial charge on any atom is -0.478 e. The Morgan fingerprint density at radius 3 is 2.74 bits per heavy atom. The lowest BCUT2D eigenvalue weighted by molar-refractivity contribution is 0.0693. The number of nitriles is 1. The van der Waals surface area contributed by atoms with Crippen molar-refractivity contribution in [3.8, 4) is 6.07 Å². The minimum atomic E-state index is -1.50. The highest BCUT2D eigenvalue weighted by molar-refractivity contribution is 9.10. The SMILES string of the molecule is N#C/C(=N\Nc1ccc(Br)c(F)c1C(=O)O)C(=N)N. The molecule has 98 valence electrons. The van der Waals surface area contributed by atoms with Gasteiger partial charge >= 0.3 is 5.97 Å². The predicted octanol–water partition coefficient (Wildman–Crippen LogP) is 1.51. The van der Waals surface area contributed by atoms with E-state index in [0.717, 1.165) is 0 Å². The van der Waals surface area contributed by atoms with Gasteiger partial charge in [-0.2, -0.15) is 10.4 Å². The molecule has 0 aliphatic rings. The molecule has 0 aromatic heterocycles. The molecule has 0 unspecified atom stereocenters. The second-order valence-electron chi connectivity index (χ2n) is 3.19. The van der Waals surface area contributed by atoms with Gasteiger partial charge in [0.05, 0.1) is 10.2 Å². The van der Waals surface area contributed by atoms with Crippen LogP contribution in [0.4, 0.5) is 10.1 Å². The zero-order valence-corrected chi connectivity index (χ0v) is 10.8. The fourth-order valence-corrected chi connectivity index (χ4v) is 1.44. The standard InChI is InChI=1S/C10H7BrFN5O2/c11-4-1-2-5(7(8(4)12)10(18)19)16-17-6(3-13)9(14)15/h1-2,16H,(H3,14,15)(H,18,19)/b17-6+. The van der Waals surface area contributed by atoms with Crippen LogP contribution in [0.25, 0.3) is 0 Å². The summed E-state index contributed by atoms with van der Waals surface area (Å²) >= 11 is 2.86. The van der Waals surface area contributed by atoms with Crippen molar-refractivity contribution in [2.45, 2.75) is 0 Å². The molecule has 0 atom stereocenters. The van der Waals surface area contributed by atoms with Gasteiger partial charge in [0, 0.05) is 0 Å². The first kappa shape index (κ1) is 14.6. The molecule has 0 saturated heterocycles. The summed E-state index contributed by atoms with van der Waals surface area (Å²) in [5.74, 6) is -3.07. The number of amidine groups is 1. The third kappa shape index (κ3) is 3.26. The number of rotatable bonds is 4. The summed E-state index contributed by atoms with van der Waals surface area (Å²) in [4.78, 5) is 11.0. The maximum atomic E-state index is 13.6. The number of carboxylic acids is 1. The lowest BCUT2D eigenvalue weighted by atomic mass is 10.1. The van der Waals surface area contributed by atoms with Gasteiger partial charge in [-0.15, -0.1) is 0 Å². The van der Waals surface area contributed by atoms with Gasteiger partial charge in [-0.05, 0) is 28.1 Å². The fourth-order valence-electron chi connectivity index (χ4n) is 1.11. The van der Waals surface area contributed by atoms with Crippen molar-refractivity contribution in [1.29, 1.82) is 10.7 Å². The predicted molar refractivity (Wildman–Crippen MR) is 69.6 cm³/mol. The molecule has 0 aliphatic heterocycles. The fraction of sp³-hybridized carbons (Fsp3) is 0. The number of benzene rings is 1. The zero-order chi connectivity index (χ0) is 14.6.